The molecule has 1 rings (SSSR count). The molecule has 0 bridgehead atoms. The van der Waals surface area contributed by atoms with Gasteiger partial charge in [0.2, 0.25) is 5.91 Å². The summed E-state index contributed by atoms with van der Waals surface area (Å²) in [4.78, 5) is 22.8. The van der Waals surface area contributed by atoms with Crippen LogP contribution in [0.3, 0.4) is 0 Å². The maximum atomic E-state index is 12.8. The van der Waals surface area contributed by atoms with E-state index in [-0.39, 0.29) is 25.0 Å². The molecular weight excluding hydrogens is 306 g/mol. The average Bonchev–Trinajstić information content (AvgIpc) is 2.44. The van der Waals surface area contributed by atoms with Crippen molar-refractivity contribution in [3.8, 4) is 0 Å². The van der Waals surface area contributed by atoms with Crippen LogP contribution >= 0.6 is 12.4 Å². The monoisotopic (exact) mass is 328 g/mol. The van der Waals surface area contributed by atoms with Crippen LogP contribution in [-0.4, -0.2) is 43.5 Å². The first-order valence-corrected chi connectivity index (χ1v) is 6.82. The molecule has 0 saturated heterocycles. The molecule has 0 atom stereocenters. The molecule has 0 aromatic heterocycles. The number of nitrogens with one attached hydrogen (secondary N) is 3. The highest BCUT2D eigenvalue weighted by Gasteiger charge is 2.27. The van der Waals surface area contributed by atoms with Gasteiger partial charge in [-0.1, -0.05) is 19.3 Å². The molecule has 124 valence electrons. The van der Waals surface area contributed by atoms with Gasteiger partial charge in [-0.3, -0.25) is 4.79 Å². The van der Waals surface area contributed by atoms with Crippen LogP contribution in [0.25, 0.3) is 0 Å². The van der Waals surface area contributed by atoms with E-state index in [9.17, 15) is 18.4 Å². The quantitative estimate of drug-likeness (QED) is 0.579. The third-order valence-corrected chi connectivity index (χ3v) is 3.19. The predicted octanol–water partition coefficient (Wildman–Crippen LogP) is 0.750. The first kappa shape index (κ1) is 19.9. The second-order valence-electron chi connectivity index (χ2n) is 5.00. The maximum absolute atomic E-state index is 12.8. The van der Waals surface area contributed by atoms with Gasteiger partial charge in [0.1, 0.15) is 0 Å². The van der Waals surface area contributed by atoms with Crippen LogP contribution in [0.15, 0.2) is 0 Å². The van der Waals surface area contributed by atoms with Crippen molar-refractivity contribution in [2.45, 2.75) is 44.1 Å². The molecule has 1 fully saturated rings. The Kier molecular flexibility index (Phi) is 9.19. The molecular formula is C12H23ClF2N4O2. The van der Waals surface area contributed by atoms with E-state index in [0.717, 1.165) is 25.7 Å². The van der Waals surface area contributed by atoms with Crippen molar-refractivity contribution in [1.29, 1.82) is 0 Å². The zero-order valence-electron chi connectivity index (χ0n) is 11.8. The average molecular weight is 329 g/mol. The number of hydrogen-bond acceptors (Lipinski definition) is 3. The summed E-state index contributed by atoms with van der Waals surface area (Å²) in [5.41, 5.74) is 4.84. The van der Waals surface area contributed by atoms with Gasteiger partial charge in [-0.15, -0.1) is 12.4 Å². The fourth-order valence-corrected chi connectivity index (χ4v) is 2.01. The number of carbonyl (C=O) groups excluding carboxylic acids is 2. The molecule has 0 aromatic carbocycles. The van der Waals surface area contributed by atoms with Gasteiger partial charge in [0.05, 0.1) is 19.6 Å². The van der Waals surface area contributed by atoms with Crippen molar-refractivity contribution < 1.29 is 18.4 Å². The van der Waals surface area contributed by atoms with E-state index in [1.54, 1.807) is 0 Å². The van der Waals surface area contributed by atoms with Crippen molar-refractivity contribution in [2.75, 3.05) is 19.6 Å². The van der Waals surface area contributed by atoms with Crippen LogP contribution in [0.4, 0.5) is 13.6 Å². The summed E-state index contributed by atoms with van der Waals surface area (Å²) < 4.78 is 25.6. The van der Waals surface area contributed by atoms with Crippen LogP contribution in [0.1, 0.15) is 32.1 Å². The molecule has 6 nitrogen and oxygen atoms in total. The lowest BCUT2D eigenvalue weighted by atomic mass is 9.96. The number of rotatable bonds is 6. The maximum Gasteiger partial charge on any atom is 0.315 e. The third kappa shape index (κ3) is 8.67. The number of nitrogens with two attached hydrogens (primary N) is 1. The Hall–Kier alpha value is -1.15. The Morgan fingerprint density at radius 2 is 1.76 bits per heavy atom. The summed E-state index contributed by atoms with van der Waals surface area (Å²) >= 11 is 0. The number of carbonyl (C=O) groups is 2. The van der Waals surface area contributed by atoms with E-state index in [0.29, 0.717) is 0 Å². The second-order valence-corrected chi connectivity index (χ2v) is 5.00. The summed E-state index contributed by atoms with van der Waals surface area (Å²) in [6, 6.07) is -0.314. The minimum atomic E-state index is -3.12. The van der Waals surface area contributed by atoms with Crippen molar-refractivity contribution in [2.24, 2.45) is 5.73 Å². The van der Waals surface area contributed by atoms with Crippen LogP contribution < -0.4 is 21.7 Å². The summed E-state index contributed by atoms with van der Waals surface area (Å²) in [6.07, 6.45) is 5.21. The van der Waals surface area contributed by atoms with Crippen LogP contribution in [0.5, 0.6) is 0 Å². The number of urea groups is 1. The van der Waals surface area contributed by atoms with Gasteiger partial charge in [0.25, 0.3) is 5.92 Å². The summed E-state index contributed by atoms with van der Waals surface area (Å²) in [6.45, 7) is -1.99. The zero-order chi connectivity index (χ0) is 15.0. The molecule has 0 radical (unpaired) electrons. The number of halogens is 3. The highest BCUT2D eigenvalue weighted by molar-refractivity contribution is 5.85. The molecule has 9 heteroatoms. The van der Waals surface area contributed by atoms with Crippen molar-refractivity contribution in [3.63, 3.8) is 0 Å². The predicted molar refractivity (Wildman–Crippen MR) is 77.7 cm³/mol. The minimum absolute atomic E-state index is 0. The van der Waals surface area contributed by atoms with E-state index >= 15 is 0 Å². The van der Waals surface area contributed by atoms with Crippen LogP contribution in [0, 0.1) is 0 Å². The Morgan fingerprint density at radius 1 is 1.14 bits per heavy atom. The van der Waals surface area contributed by atoms with E-state index in [1.807, 2.05) is 5.32 Å². The molecule has 5 N–H and O–H groups in total. The van der Waals surface area contributed by atoms with Crippen LogP contribution in [0.2, 0.25) is 0 Å². The minimum Gasteiger partial charge on any atom is -0.348 e. The van der Waals surface area contributed by atoms with Crippen LogP contribution in [-0.2, 0) is 4.79 Å². The standard InChI is InChI=1S/C12H22F2N4O2.ClH/c13-12(14,7-15)8-17-10(19)6-16-11(20)18-9-4-2-1-3-5-9;/h9H,1-8,15H2,(H,17,19)(H2,16,18,20);1H. The molecule has 0 heterocycles. The largest absolute Gasteiger partial charge is 0.348 e. The van der Waals surface area contributed by atoms with Gasteiger partial charge < -0.3 is 21.7 Å². The van der Waals surface area contributed by atoms with Gasteiger partial charge in [0.15, 0.2) is 0 Å². The fourth-order valence-electron chi connectivity index (χ4n) is 2.01. The van der Waals surface area contributed by atoms with E-state index in [1.165, 1.54) is 6.42 Å². The van der Waals surface area contributed by atoms with Gasteiger partial charge in [-0.25, -0.2) is 13.6 Å². The number of alkyl halides is 2. The Balaban J connectivity index is 0.00000400. The fraction of sp³-hybridized carbons (Fsp3) is 0.833. The summed E-state index contributed by atoms with van der Waals surface area (Å²) in [7, 11) is 0. The lowest BCUT2D eigenvalue weighted by Gasteiger charge is -2.22. The molecule has 1 saturated carbocycles. The summed E-state index contributed by atoms with van der Waals surface area (Å²) in [5.74, 6) is -3.79. The highest BCUT2D eigenvalue weighted by atomic mass is 35.5. The lowest BCUT2D eigenvalue weighted by molar-refractivity contribution is -0.121. The topological polar surface area (TPSA) is 96.2 Å². The molecule has 0 aliphatic heterocycles. The normalized spacial score (nSPS) is 15.8. The van der Waals surface area contributed by atoms with E-state index < -0.39 is 31.0 Å². The molecule has 1 aliphatic carbocycles. The van der Waals surface area contributed by atoms with Crippen molar-refractivity contribution >= 4 is 24.3 Å². The van der Waals surface area contributed by atoms with Gasteiger partial charge in [-0.2, -0.15) is 0 Å². The highest BCUT2D eigenvalue weighted by Crippen LogP contribution is 2.17. The number of hydrogen-bond donors (Lipinski definition) is 4. The molecule has 3 amide bonds. The summed E-state index contributed by atoms with van der Waals surface area (Å²) in [5, 5.41) is 7.13. The van der Waals surface area contributed by atoms with Crippen molar-refractivity contribution in [3.05, 3.63) is 0 Å². The Bertz CT molecular complexity index is 339. The lowest BCUT2D eigenvalue weighted by Crippen LogP contribution is -2.48. The Morgan fingerprint density at radius 3 is 2.33 bits per heavy atom. The molecule has 0 aromatic rings. The SMILES string of the molecule is Cl.NCC(F)(F)CNC(=O)CNC(=O)NC1CCCCC1. The Labute approximate surface area is 129 Å². The van der Waals surface area contributed by atoms with Crippen molar-refractivity contribution in [1.82, 2.24) is 16.0 Å². The second kappa shape index (κ2) is 9.73. The first-order chi connectivity index (χ1) is 9.43. The molecule has 0 unspecified atom stereocenters. The first-order valence-electron chi connectivity index (χ1n) is 6.82. The smallest absolute Gasteiger partial charge is 0.315 e. The van der Waals surface area contributed by atoms with E-state index in [4.69, 9.17) is 5.73 Å². The molecule has 1 aliphatic rings. The molecule has 21 heavy (non-hydrogen) atoms. The zero-order valence-corrected chi connectivity index (χ0v) is 12.6. The third-order valence-electron chi connectivity index (χ3n) is 3.19. The number of amides is 3. The molecule has 0 spiro atoms. The van der Waals surface area contributed by atoms with Gasteiger partial charge in [0, 0.05) is 6.04 Å². The van der Waals surface area contributed by atoms with Gasteiger partial charge >= 0.3 is 6.03 Å². The van der Waals surface area contributed by atoms with Gasteiger partial charge in [-0.05, 0) is 12.8 Å². The van der Waals surface area contributed by atoms with E-state index in [2.05, 4.69) is 10.6 Å².